The first-order chi connectivity index (χ1) is 9.17. The molecule has 19 heavy (non-hydrogen) atoms. The standard InChI is InChI=1S/C16H18O3/c1-11-6-4-7-12(10-11)16(17)15-13(18-2)8-5-9-14(15)19-3/h4-10,16-17H,1-3H3. The number of hydrogen-bond donors (Lipinski definition) is 1. The summed E-state index contributed by atoms with van der Waals surface area (Å²) in [6.07, 6.45) is -0.772. The van der Waals surface area contributed by atoms with Crippen LogP contribution in [-0.4, -0.2) is 19.3 Å². The fraction of sp³-hybridized carbons (Fsp3) is 0.250. The van der Waals surface area contributed by atoms with Gasteiger partial charge in [0.2, 0.25) is 0 Å². The van der Waals surface area contributed by atoms with Crippen molar-refractivity contribution < 1.29 is 14.6 Å². The van der Waals surface area contributed by atoms with Gasteiger partial charge in [-0.25, -0.2) is 0 Å². The van der Waals surface area contributed by atoms with Gasteiger partial charge in [-0.2, -0.15) is 0 Å². The maximum atomic E-state index is 10.6. The van der Waals surface area contributed by atoms with Gasteiger partial charge in [-0.3, -0.25) is 0 Å². The Morgan fingerprint density at radius 1 is 0.947 bits per heavy atom. The van der Waals surface area contributed by atoms with Gasteiger partial charge >= 0.3 is 0 Å². The number of benzene rings is 2. The molecule has 2 rings (SSSR count). The molecule has 0 aliphatic heterocycles. The monoisotopic (exact) mass is 258 g/mol. The quantitative estimate of drug-likeness (QED) is 0.915. The molecular formula is C16H18O3. The molecule has 0 fully saturated rings. The lowest BCUT2D eigenvalue weighted by atomic mass is 9.98. The Kier molecular flexibility index (Phi) is 4.07. The zero-order valence-electron chi connectivity index (χ0n) is 11.4. The minimum atomic E-state index is -0.772. The topological polar surface area (TPSA) is 38.7 Å². The minimum absolute atomic E-state index is 0.619. The highest BCUT2D eigenvalue weighted by molar-refractivity contribution is 5.49. The van der Waals surface area contributed by atoms with Gasteiger partial charge < -0.3 is 14.6 Å². The summed E-state index contributed by atoms with van der Waals surface area (Å²) in [5.41, 5.74) is 2.58. The van der Waals surface area contributed by atoms with Crippen LogP contribution in [0.2, 0.25) is 0 Å². The molecule has 2 aromatic carbocycles. The highest BCUT2D eigenvalue weighted by Crippen LogP contribution is 2.37. The van der Waals surface area contributed by atoms with E-state index in [4.69, 9.17) is 9.47 Å². The van der Waals surface area contributed by atoms with Crippen molar-refractivity contribution in [2.75, 3.05) is 14.2 Å². The van der Waals surface area contributed by atoms with Crippen LogP contribution in [0.4, 0.5) is 0 Å². The molecule has 1 atom stereocenters. The Morgan fingerprint density at radius 2 is 1.53 bits per heavy atom. The molecule has 0 amide bonds. The Bertz CT molecular complexity index is 541. The molecule has 3 nitrogen and oxygen atoms in total. The Hall–Kier alpha value is -2.00. The van der Waals surface area contributed by atoms with E-state index in [0.717, 1.165) is 11.1 Å². The molecule has 1 N–H and O–H groups in total. The Labute approximate surface area is 113 Å². The zero-order valence-corrected chi connectivity index (χ0v) is 11.4. The molecular weight excluding hydrogens is 240 g/mol. The van der Waals surface area contributed by atoms with Crippen LogP contribution >= 0.6 is 0 Å². The number of hydrogen-bond acceptors (Lipinski definition) is 3. The molecule has 0 aliphatic carbocycles. The molecule has 0 spiro atoms. The van der Waals surface area contributed by atoms with E-state index < -0.39 is 6.10 Å². The first-order valence-electron chi connectivity index (χ1n) is 6.13. The second kappa shape index (κ2) is 5.76. The maximum Gasteiger partial charge on any atom is 0.128 e. The minimum Gasteiger partial charge on any atom is -0.496 e. The van der Waals surface area contributed by atoms with E-state index in [1.165, 1.54) is 0 Å². The molecule has 0 bridgehead atoms. The number of ether oxygens (including phenoxy) is 2. The van der Waals surface area contributed by atoms with E-state index >= 15 is 0 Å². The molecule has 0 aromatic heterocycles. The van der Waals surface area contributed by atoms with Crippen LogP contribution in [0.5, 0.6) is 11.5 Å². The highest BCUT2D eigenvalue weighted by Gasteiger charge is 2.20. The molecule has 1 unspecified atom stereocenters. The molecule has 0 heterocycles. The van der Waals surface area contributed by atoms with Crippen LogP contribution < -0.4 is 9.47 Å². The number of aliphatic hydroxyl groups excluding tert-OH is 1. The van der Waals surface area contributed by atoms with Gasteiger partial charge in [-0.05, 0) is 24.6 Å². The molecule has 0 radical (unpaired) electrons. The third-order valence-electron chi connectivity index (χ3n) is 3.10. The lowest BCUT2D eigenvalue weighted by Gasteiger charge is -2.18. The van der Waals surface area contributed by atoms with E-state index in [9.17, 15) is 5.11 Å². The van der Waals surface area contributed by atoms with Gasteiger partial charge in [-0.1, -0.05) is 35.9 Å². The van der Waals surface area contributed by atoms with Crippen molar-refractivity contribution in [2.24, 2.45) is 0 Å². The van der Waals surface area contributed by atoms with E-state index in [0.29, 0.717) is 17.1 Å². The summed E-state index contributed by atoms with van der Waals surface area (Å²) in [5.74, 6) is 1.24. The van der Waals surface area contributed by atoms with Crippen molar-refractivity contribution in [3.63, 3.8) is 0 Å². The van der Waals surface area contributed by atoms with Crippen molar-refractivity contribution in [2.45, 2.75) is 13.0 Å². The number of rotatable bonds is 4. The average Bonchev–Trinajstić information content (AvgIpc) is 2.45. The lowest BCUT2D eigenvalue weighted by Crippen LogP contribution is -2.05. The summed E-state index contributed by atoms with van der Waals surface area (Å²) in [5, 5.41) is 10.6. The third-order valence-corrected chi connectivity index (χ3v) is 3.10. The molecule has 3 heteroatoms. The first kappa shape index (κ1) is 13.4. The van der Waals surface area contributed by atoms with Crippen LogP contribution in [0.3, 0.4) is 0 Å². The molecule has 0 aliphatic rings. The second-order valence-corrected chi connectivity index (χ2v) is 4.39. The van der Waals surface area contributed by atoms with Gasteiger partial charge in [0.1, 0.15) is 17.6 Å². The van der Waals surface area contributed by atoms with E-state index in [1.807, 2.05) is 49.4 Å². The Morgan fingerprint density at radius 3 is 2.05 bits per heavy atom. The van der Waals surface area contributed by atoms with Gasteiger partial charge in [0, 0.05) is 0 Å². The van der Waals surface area contributed by atoms with Crippen LogP contribution in [0.15, 0.2) is 42.5 Å². The van der Waals surface area contributed by atoms with Crippen molar-refractivity contribution in [3.05, 3.63) is 59.2 Å². The highest BCUT2D eigenvalue weighted by atomic mass is 16.5. The molecule has 0 saturated heterocycles. The van der Waals surface area contributed by atoms with Gasteiger partial charge in [-0.15, -0.1) is 0 Å². The predicted molar refractivity (Wildman–Crippen MR) is 74.8 cm³/mol. The maximum absolute atomic E-state index is 10.6. The largest absolute Gasteiger partial charge is 0.496 e. The fourth-order valence-corrected chi connectivity index (χ4v) is 2.16. The van der Waals surface area contributed by atoms with Gasteiger partial charge in [0.05, 0.1) is 19.8 Å². The van der Waals surface area contributed by atoms with Gasteiger partial charge in [0.15, 0.2) is 0 Å². The van der Waals surface area contributed by atoms with Crippen molar-refractivity contribution >= 4 is 0 Å². The summed E-state index contributed by atoms with van der Waals surface area (Å²) in [4.78, 5) is 0. The van der Waals surface area contributed by atoms with Crippen LogP contribution in [0, 0.1) is 6.92 Å². The summed E-state index contributed by atoms with van der Waals surface area (Å²) >= 11 is 0. The van der Waals surface area contributed by atoms with Crippen LogP contribution in [-0.2, 0) is 0 Å². The molecule has 2 aromatic rings. The summed E-state index contributed by atoms with van der Waals surface area (Å²) in [6, 6.07) is 13.2. The lowest BCUT2D eigenvalue weighted by molar-refractivity contribution is 0.208. The molecule has 100 valence electrons. The number of methoxy groups -OCH3 is 2. The van der Waals surface area contributed by atoms with Gasteiger partial charge in [0.25, 0.3) is 0 Å². The number of aryl methyl sites for hydroxylation is 1. The second-order valence-electron chi connectivity index (χ2n) is 4.39. The van der Waals surface area contributed by atoms with Crippen molar-refractivity contribution in [1.82, 2.24) is 0 Å². The average molecular weight is 258 g/mol. The normalized spacial score (nSPS) is 12.0. The summed E-state index contributed by atoms with van der Waals surface area (Å²) in [6.45, 7) is 2.00. The Balaban J connectivity index is 2.51. The first-order valence-corrected chi connectivity index (χ1v) is 6.13. The van der Waals surface area contributed by atoms with E-state index in [1.54, 1.807) is 14.2 Å². The van der Waals surface area contributed by atoms with E-state index in [-0.39, 0.29) is 0 Å². The van der Waals surface area contributed by atoms with Crippen molar-refractivity contribution in [1.29, 1.82) is 0 Å². The third kappa shape index (κ3) is 2.71. The SMILES string of the molecule is COc1cccc(OC)c1C(O)c1cccc(C)c1. The van der Waals surface area contributed by atoms with Crippen LogP contribution in [0.1, 0.15) is 22.8 Å². The number of aliphatic hydroxyl groups is 1. The summed E-state index contributed by atoms with van der Waals surface area (Å²) < 4.78 is 10.6. The fourth-order valence-electron chi connectivity index (χ4n) is 2.16. The smallest absolute Gasteiger partial charge is 0.128 e. The zero-order chi connectivity index (χ0) is 13.8. The van der Waals surface area contributed by atoms with Crippen molar-refractivity contribution in [3.8, 4) is 11.5 Å². The van der Waals surface area contributed by atoms with E-state index in [2.05, 4.69) is 0 Å². The molecule has 0 saturated carbocycles. The summed E-state index contributed by atoms with van der Waals surface area (Å²) in [7, 11) is 3.17. The van der Waals surface area contributed by atoms with Crippen LogP contribution in [0.25, 0.3) is 0 Å². The predicted octanol–water partition coefficient (Wildman–Crippen LogP) is 3.09.